The molecule has 0 aliphatic carbocycles. The molecule has 5 nitrogen and oxygen atoms in total. The maximum absolute atomic E-state index is 13.2. The first-order valence-corrected chi connectivity index (χ1v) is 10.3. The molecule has 0 unspecified atom stereocenters. The lowest BCUT2D eigenvalue weighted by molar-refractivity contribution is 0.0985. The summed E-state index contributed by atoms with van der Waals surface area (Å²) in [6, 6.07) is 19.3. The topological polar surface area (TPSA) is 59.2 Å². The first-order valence-electron chi connectivity index (χ1n) is 9.47. The van der Waals surface area contributed by atoms with E-state index in [2.05, 4.69) is 10.1 Å². The molecule has 0 bridgehead atoms. The Hall–Kier alpha value is -3.45. The Labute approximate surface area is 176 Å². The van der Waals surface area contributed by atoms with Gasteiger partial charge in [0.05, 0.1) is 11.3 Å². The quantitative estimate of drug-likeness (QED) is 0.430. The zero-order valence-corrected chi connectivity index (χ0v) is 16.8. The van der Waals surface area contributed by atoms with Crippen LogP contribution in [-0.4, -0.2) is 22.6 Å². The Balaban J connectivity index is 1.56. The number of carbonyl (C=O) groups excluding carboxylic acids is 1. The molecule has 2 heterocycles. The van der Waals surface area contributed by atoms with Crippen LogP contribution in [0.25, 0.3) is 22.8 Å². The Bertz CT molecular complexity index is 1250. The van der Waals surface area contributed by atoms with E-state index in [0.29, 0.717) is 29.4 Å². The molecular weight excluding hydrogens is 401 g/mol. The molecule has 1 aromatic heterocycles. The number of hydrogen-bond donors (Lipinski definition) is 0. The zero-order chi connectivity index (χ0) is 20.7. The molecule has 0 atom stereocenters. The van der Waals surface area contributed by atoms with Crippen molar-refractivity contribution in [3.63, 3.8) is 0 Å². The number of rotatable bonds is 3. The summed E-state index contributed by atoms with van der Waals surface area (Å²) in [6.45, 7) is 2.53. The number of benzene rings is 3. The molecule has 148 valence electrons. The van der Waals surface area contributed by atoms with Crippen molar-refractivity contribution in [2.75, 3.05) is 11.4 Å². The molecule has 1 aliphatic rings. The molecule has 7 heteroatoms. The van der Waals surface area contributed by atoms with Crippen molar-refractivity contribution < 1.29 is 13.7 Å². The number of anilines is 1. The summed E-state index contributed by atoms with van der Waals surface area (Å²) in [6.07, 6.45) is 0. The normalized spacial score (nSPS) is 13.0. The van der Waals surface area contributed by atoms with Crippen molar-refractivity contribution in [3.8, 4) is 22.8 Å². The van der Waals surface area contributed by atoms with Crippen LogP contribution in [0.3, 0.4) is 0 Å². The van der Waals surface area contributed by atoms with Crippen LogP contribution in [-0.2, 0) is 0 Å². The minimum atomic E-state index is -0.323. The molecule has 0 spiro atoms. The molecule has 4 aromatic rings. The standard InChI is InChI=1S/C23H16FN3O2S/c1-2-27-18-12-9-15(13-20(18)30-19-6-4-3-5-17(19)23(27)28)21-25-22(29-26-21)14-7-10-16(24)11-8-14/h3-13H,2H2,1H3. The van der Waals surface area contributed by atoms with E-state index in [9.17, 15) is 9.18 Å². The lowest BCUT2D eigenvalue weighted by Crippen LogP contribution is -2.30. The summed E-state index contributed by atoms with van der Waals surface area (Å²) in [5.41, 5.74) is 2.98. The van der Waals surface area contributed by atoms with Crippen LogP contribution in [0.15, 0.2) is 81.0 Å². The number of aromatic nitrogens is 2. The van der Waals surface area contributed by atoms with Crippen molar-refractivity contribution in [3.05, 3.63) is 78.1 Å². The van der Waals surface area contributed by atoms with Gasteiger partial charge in [-0.1, -0.05) is 29.1 Å². The molecule has 5 rings (SSSR count). The van der Waals surface area contributed by atoms with E-state index >= 15 is 0 Å². The number of carbonyl (C=O) groups is 1. The summed E-state index contributed by atoms with van der Waals surface area (Å²) in [7, 11) is 0. The average Bonchev–Trinajstić information content (AvgIpc) is 3.22. The average molecular weight is 417 g/mol. The summed E-state index contributed by atoms with van der Waals surface area (Å²) in [5.74, 6) is 0.426. The second-order valence-electron chi connectivity index (χ2n) is 6.76. The molecule has 0 N–H and O–H groups in total. The Kier molecular flexibility index (Phi) is 4.59. The highest BCUT2D eigenvalue weighted by Crippen LogP contribution is 2.42. The summed E-state index contributed by atoms with van der Waals surface area (Å²) < 4.78 is 18.5. The number of amides is 1. The smallest absolute Gasteiger partial charge is 0.259 e. The van der Waals surface area contributed by atoms with Crippen LogP contribution in [0, 0.1) is 5.82 Å². The van der Waals surface area contributed by atoms with Gasteiger partial charge < -0.3 is 9.42 Å². The third-order valence-electron chi connectivity index (χ3n) is 4.92. The Morgan fingerprint density at radius 2 is 1.77 bits per heavy atom. The van der Waals surface area contributed by atoms with Gasteiger partial charge in [0.1, 0.15) is 5.82 Å². The fraction of sp³-hybridized carbons (Fsp3) is 0.0870. The van der Waals surface area contributed by atoms with E-state index in [1.165, 1.54) is 12.1 Å². The van der Waals surface area contributed by atoms with E-state index in [-0.39, 0.29) is 11.7 Å². The van der Waals surface area contributed by atoms with Gasteiger partial charge in [0.2, 0.25) is 5.82 Å². The van der Waals surface area contributed by atoms with Gasteiger partial charge in [-0.05, 0) is 61.5 Å². The lowest BCUT2D eigenvalue weighted by atomic mass is 10.1. The van der Waals surface area contributed by atoms with Crippen molar-refractivity contribution >= 4 is 23.4 Å². The van der Waals surface area contributed by atoms with Crippen molar-refractivity contribution in [2.45, 2.75) is 16.7 Å². The fourth-order valence-corrected chi connectivity index (χ4v) is 4.55. The third-order valence-corrected chi connectivity index (χ3v) is 6.05. The first-order chi connectivity index (χ1) is 14.6. The highest BCUT2D eigenvalue weighted by Gasteiger charge is 2.26. The van der Waals surface area contributed by atoms with E-state index in [1.807, 2.05) is 49.4 Å². The molecule has 3 aromatic carbocycles. The SMILES string of the molecule is CCN1C(=O)c2ccccc2Sc2cc(-c3noc(-c4ccc(F)cc4)n3)ccc21. The van der Waals surface area contributed by atoms with Gasteiger partial charge in [0, 0.05) is 27.5 Å². The van der Waals surface area contributed by atoms with E-state index in [4.69, 9.17) is 4.52 Å². The van der Waals surface area contributed by atoms with Gasteiger partial charge in [-0.25, -0.2) is 4.39 Å². The van der Waals surface area contributed by atoms with Gasteiger partial charge in [-0.2, -0.15) is 4.98 Å². The van der Waals surface area contributed by atoms with E-state index in [1.54, 1.807) is 28.8 Å². The van der Waals surface area contributed by atoms with Crippen LogP contribution >= 0.6 is 11.8 Å². The summed E-state index contributed by atoms with van der Waals surface area (Å²) in [4.78, 5) is 21.1. The van der Waals surface area contributed by atoms with Gasteiger partial charge in [-0.15, -0.1) is 0 Å². The van der Waals surface area contributed by atoms with Crippen molar-refractivity contribution in [1.82, 2.24) is 10.1 Å². The van der Waals surface area contributed by atoms with Gasteiger partial charge in [0.25, 0.3) is 11.8 Å². The number of fused-ring (bicyclic) bond motifs is 2. The number of halogens is 1. The lowest BCUT2D eigenvalue weighted by Gasteiger charge is -2.21. The van der Waals surface area contributed by atoms with Gasteiger partial charge in [0.15, 0.2) is 0 Å². The second-order valence-corrected chi connectivity index (χ2v) is 7.84. The van der Waals surface area contributed by atoms with E-state index < -0.39 is 0 Å². The fourth-order valence-electron chi connectivity index (χ4n) is 3.43. The van der Waals surface area contributed by atoms with Crippen LogP contribution in [0.2, 0.25) is 0 Å². The summed E-state index contributed by atoms with van der Waals surface area (Å²) >= 11 is 1.55. The van der Waals surface area contributed by atoms with E-state index in [0.717, 1.165) is 21.0 Å². The van der Waals surface area contributed by atoms with Crippen LogP contribution in [0.5, 0.6) is 0 Å². The second kappa shape index (κ2) is 7.42. The summed E-state index contributed by atoms with van der Waals surface area (Å²) in [5, 5.41) is 4.09. The zero-order valence-electron chi connectivity index (χ0n) is 16.0. The first kappa shape index (κ1) is 18.6. The molecular formula is C23H16FN3O2S. The molecule has 0 saturated heterocycles. The third kappa shape index (κ3) is 3.17. The van der Waals surface area contributed by atoms with Crippen molar-refractivity contribution in [1.29, 1.82) is 0 Å². The van der Waals surface area contributed by atoms with Crippen LogP contribution < -0.4 is 4.90 Å². The van der Waals surface area contributed by atoms with Gasteiger partial charge in [-0.3, -0.25) is 4.79 Å². The largest absolute Gasteiger partial charge is 0.334 e. The predicted molar refractivity (Wildman–Crippen MR) is 113 cm³/mol. The maximum atomic E-state index is 13.2. The molecule has 1 amide bonds. The minimum Gasteiger partial charge on any atom is -0.334 e. The Morgan fingerprint density at radius 3 is 2.57 bits per heavy atom. The van der Waals surface area contributed by atoms with Crippen molar-refractivity contribution in [2.24, 2.45) is 0 Å². The molecule has 30 heavy (non-hydrogen) atoms. The molecule has 1 aliphatic heterocycles. The predicted octanol–water partition coefficient (Wildman–Crippen LogP) is 5.67. The minimum absolute atomic E-state index is 0.00902. The molecule has 0 radical (unpaired) electrons. The Morgan fingerprint density at radius 1 is 1.00 bits per heavy atom. The highest BCUT2D eigenvalue weighted by molar-refractivity contribution is 7.99. The molecule has 0 saturated carbocycles. The molecule has 0 fully saturated rings. The van der Waals surface area contributed by atoms with Crippen LogP contribution in [0.1, 0.15) is 17.3 Å². The highest BCUT2D eigenvalue weighted by atomic mass is 32.2. The van der Waals surface area contributed by atoms with Crippen LogP contribution in [0.4, 0.5) is 10.1 Å². The monoisotopic (exact) mass is 417 g/mol. The number of hydrogen-bond acceptors (Lipinski definition) is 5. The number of nitrogens with zero attached hydrogens (tertiary/aromatic N) is 3. The maximum Gasteiger partial charge on any atom is 0.259 e. The van der Waals surface area contributed by atoms with Gasteiger partial charge >= 0.3 is 0 Å².